The number of aliphatic hydroxyl groups excluding tert-OH is 1. The molecule has 0 amide bonds. The lowest BCUT2D eigenvalue weighted by atomic mass is 9.98. The third-order valence-corrected chi connectivity index (χ3v) is 3.23. The van der Waals surface area contributed by atoms with Gasteiger partial charge in [0.15, 0.2) is 0 Å². The number of hydrogen-bond acceptors (Lipinski definition) is 2. The molecule has 1 aromatic carbocycles. The number of aliphatic hydroxyl groups is 1. The number of nitrogens with zero attached hydrogens (tertiary/aromatic N) is 1. The lowest BCUT2D eigenvalue weighted by Crippen LogP contribution is -2.03. The molecular weight excluding hydrogens is 234 g/mol. The summed E-state index contributed by atoms with van der Waals surface area (Å²) in [5, 5.41) is 11.0. The van der Waals surface area contributed by atoms with Gasteiger partial charge in [-0.3, -0.25) is 4.98 Å². The van der Waals surface area contributed by atoms with Crippen molar-refractivity contribution in [3.8, 4) is 0 Å². The van der Waals surface area contributed by atoms with E-state index in [2.05, 4.69) is 4.98 Å². The Morgan fingerprint density at radius 1 is 1.24 bits per heavy atom. The zero-order chi connectivity index (χ0) is 12.4. The molecule has 2 rings (SSSR count). The van der Waals surface area contributed by atoms with Crippen LogP contribution in [0.1, 0.15) is 28.4 Å². The maximum absolute atomic E-state index is 10.3. The van der Waals surface area contributed by atoms with E-state index in [9.17, 15) is 5.11 Å². The minimum absolute atomic E-state index is 0.669. The molecule has 1 N–H and O–H groups in total. The topological polar surface area (TPSA) is 33.1 Å². The van der Waals surface area contributed by atoms with E-state index in [0.29, 0.717) is 5.02 Å². The standard InChI is InChI=1S/C14H14ClNO/c1-9-6-11(8-16-7-9)14(17)12-4-3-5-13(15)10(12)2/h3-8,14,17H,1-2H3. The lowest BCUT2D eigenvalue weighted by Gasteiger charge is -2.15. The summed E-state index contributed by atoms with van der Waals surface area (Å²) in [7, 11) is 0. The van der Waals surface area contributed by atoms with Gasteiger partial charge in [0.05, 0.1) is 0 Å². The van der Waals surface area contributed by atoms with Crippen LogP contribution in [0.25, 0.3) is 0 Å². The van der Waals surface area contributed by atoms with Crippen molar-refractivity contribution >= 4 is 11.6 Å². The molecule has 1 heterocycles. The number of hydrogen-bond donors (Lipinski definition) is 1. The quantitative estimate of drug-likeness (QED) is 0.882. The van der Waals surface area contributed by atoms with E-state index >= 15 is 0 Å². The van der Waals surface area contributed by atoms with E-state index in [-0.39, 0.29) is 0 Å². The second-order valence-corrected chi connectivity index (χ2v) is 4.56. The van der Waals surface area contributed by atoms with Crippen LogP contribution < -0.4 is 0 Å². The van der Waals surface area contributed by atoms with Crippen molar-refractivity contribution in [2.45, 2.75) is 20.0 Å². The molecule has 88 valence electrons. The van der Waals surface area contributed by atoms with Crippen LogP contribution in [0.2, 0.25) is 5.02 Å². The number of aryl methyl sites for hydroxylation is 1. The van der Waals surface area contributed by atoms with Crippen LogP contribution in [0, 0.1) is 13.8 Å². The van der Waals surface area contributed by atoms with Crippen molar-refractivity contribution in [1.82, 2.24) is 4.98 Å². The number of aromatic nitrogens is 1. The van der Waals surface area contributed by atoms with Crippen molar-refractivity contribution in [2.75, 3.05) is 0 Å². The second kappa shape index (κ2) is 4.86. The molecule has 3 heteroatoms. The third kappa shape index (κ3) is 2.48. The van der Waals surface area contributed by atoms with Gasteiger partial charge < -0.3 is 5.11 Å². The summed E-state index contributed by atoms with van der Waals surface area (Å²) < 4.78 is 0. The highest BCUT2D eigenvalue weighted by Crippen LogP contribution is 2.28. The van der Waals surface area contributed by atoms with Gasteiger partial charge >= 0.3 is 0 Å². The molecule has 1 atom stereocenters. The van der Waals surface area contributed by atoms with Crippen LogP contribution >= 0.6 is 11.6 Å². The van der Waals surface area contributed by atoms with Gasteiger partial charge in [0, 0.05) is 23.0 Å². The highest BCUT2D eigenvalue weighted by Gasteiger charge is 2.14. The summed E-state index contributed by atoms with van der Waals surface area (Å²) in [4.78, 5) is 4.09. The minimum atomic E-state index is -0.680. The van der Waals surface area contributed by atoms with Crippen LogP contribution in [0.3, 0.4) is 0 Å². The van der Waals surface area contributed by atoms with Crippen LogP contribution in [0.4, 0.5) is 0 Å². The van der Waals surface area contributed by atoms with Crippen LogP contribution in [-0.2, 0) is 0 Å². The molecule has 0 bridgehead atoms. The maximum atomic E-state index is 10.3. The first-order chi connectivity index (χ1) is 8.09. The van der Waals surface area contributed by atoms with Crippen LogP contribution in [0.15, 0.2) is 36.7 Å². The van der Waals surface area contributed by atoms with E-state index in [1.807, 2.05) is 38.1 Å². The Kier molecular flexibility index (Phi) is 3.46. The summed E-state index contributed by atoms with van der Waals surface area (Å²) in [6.45, 7) is 3.86. The van der Waals surface area contributed by atoms with Crippen LogP contribution in [-0.4, -0.2) is 10.1 Å². The number of pyridine rings is 1. The van der Waals surface area contributed by atoms with Crippen molar-refractivity contribution in [1.29, 1.82) is 0 Å². The van der Waals surface area contributed by atoms with Crippen molar-refractivity contribution in [2.24, 2.45) is 0 Å². The Labute approximate surface area is 106 Å². The molecule has 0 saturated carbocycles. The van der Waals surface area contributed by atoms with Crippen molar-refractivity contribution < 1.29 is 5.11 Å². The van der Waals surface area contributed by atoms with Gasteiger partial charge in [0.2, 0.25) is 0 Å². The zero-order valence-electron chi connectivity index (χ0n) is 9.81. The molecule has 17 heavy (non-hydrogen) atoms. The molecule has 1 aromatic heterocycles. The van der Waals surface area contributed by atoms with Gasteiger partial charge in [0.25, 0.3) is 0 Å². The highest BCUT2D eigenvalue weighted by atomic mass is 35.5. The lowest BCUT2D eigenvalue weighted by molar-refractivity contribution is 0.219. The molecule has 0 fully saturated rings. The number of benzene rings is 1. The fraction of sp³-hybridized carbons (Fsp3) is 0.214. The first-order valence-corrected chi connectivity index (χ1v) is 5.82. The second-order valence-electron chi connectivity index (χ2n) is 4.15. The molecule has 0 aliphatic rings. The molecule has 0 saturated heterocycles. The normalized spacial score (nSPS) is 12.5. The largest absolute Gasteiger partial charge is 0.384 e. The number of rotatable bonds is 2. The average molecular weight is 248 g/mol. The fourth-order valence-corrected chi connectivity index (χ4v) is 2.01. The molecule has 2 nitrogen and oxygen atoms in total. The van der Waals surface area contributed by atoms with E-state index in [1.165, 1.54) is 0 Å². The smallest absolute Gasteiger partial charge is 0.106 e. The Morgan fingerprint density at radius 2 is 2.00 bits per heavy atom. The Morgan fingerprint density at radius 3 is 2.71 bits per heavy atom. The number of halogens is 1. The van der Waals surface area contributed by atoms with Gasteiger partial charge in [0.1, 0.15) is 6.10 Å². The summed E-state index contributed by atoms with van der Waals surface area (Å²) in [6, 6.07) is 7.48. The summed E-state index contributed by atoms with van der Waals surface area (Å²) in [5.41, 5.74) is 3.55. The van der Waals surface area contributed by atoms with Crippen molar-refractivity contribution in [3.63, 3.8) is 0 Å². The third-order valence-electron chi connectivity index (χ3n) is 2.82. The Balaban J connectivity index is 2.44. The maximum Gasteiger partial charge on any atom is 0.106 e. The average Bonchev–Trinajstić information content (AvgIpc) is 2.32. The molecule has 0 aliphatic carbocycles. The Hall–Kier alpha value is -1.38. The summed E-state index contributed by atoms with van der Waals surface area (Å²) >= 11 is 6.05. The molecular formula is C14H14ClNO. The van der Waals surface area contributed by atoms with Crippen molar-refractivity contribution in [3.05, 3.63) is 63.9 Å². The Bertz CT molecular complexity index is 539. The van der Waals surface area contributed by atoms with E-state index in [0.717, 1.165) is 22.3 Å². The molecule has 0 aliphatic heterocycles. The predicted octanol–water partition coefficient (Wildman–Crippen LogP) is 3.43. The van der Waals surface area contributed by atoms with E-state index in [4.69, 9.17) is 11.6 Å². The van der Waals surface area contributed by atoms with Gasteiger partial charge in [-0.15, -0.1) is 0 Å². The first kappa shape index (κ1) is 12.1. The minimum Gasteiger partial charge on any atom is -0.384 e. The van der Waals surface area contributed by atoms with E-state index in [1.54, 1.807) is 12.4 Å². The summed E-state index contributed by atoms with van der Waals surface area (Å²) in [5.74, 6) is 0. The molecule has 1 unspecified atom stereocenters. The molecule has 0 spiro atoms. The zero-order valence-corrected chi connectivity index (χ0v) is 10.6. The van der Waals surface area contributed by atoms with Gasteiger partial charge in [-0.2, -0.15) is 0 Å². The molecule has 0 radical (unpaired) electrons. The van der Waals surface area contributed by atoms with Crippen LogP contribution in [0.5, 0.6) is 0 Å². The SMILES string of the molecule is Cc1cncc(C(O)c2cccc(Cl)c2C)c1. The monoisotopic (exact) mass is 247 g/mol. The highest BCUT2D eigenvalue weighted by molar-refractivity contribution is 6.31. The predicted molar refractivity (Wildman–Crippen MR) is 69.2 cm³/mol. The van der Waals surface area contributed by atoms with E-state index < -0.39 is 6.10 Å². The first-order valence-electron chi connectivity index (χ1n) is 5.44. The fourth-order valence-electron chi connectivity index (χ4n) is 1.83. The summed E-state index contributed by atoms with van der Waals surface area (Å²) in [6.07, 6.45) is 2.76. The van der Waals surface area contributed by atoms with Gasteiger partial charge in [-0.1, -0.05) is 29.8 Å². The van der Waals surface area contributed by atoms with Gasteiger partial charge in [-0.25, -0.2) is 0 Å². The van der Waals surface area contributed by atoms with Gasteiger partial charge in [-0.05, 0) is 36.6 Å². The molecule has 2 aromatic rings.